The maximum Gasteiger partial charge on any atom is 0.415 e. The van der Waals surface area contributed by atoms with Gasteiger partial charge in [-0.3, -0.25) is 14.9 Å². The molecular weight excluding hydrogens is 276 g/mol. The summed E-state index contributed by atoms with van der Waals surface area (Å²) in [5, 5.41) is 10.6. The lowest BCUT2D eigenvalue weighted by molar-refractivity contribution is -0.384. The van der Waals surface area contributed by atoms with E-state index in [4.69, 9.17) is 4.74 Å². The number of rotatable bonds is 2. The molecule has 1 aromatic carbocycles. The number of benzene rings is 1. The van der Waals surface area contributed by atoms with Crippen LogP contribution < -0.4 is 4.74 Å². The Kier molecular flexibility index (Phi) is 3.12. The average molecular weight is 290 g/mol. The number of amides is 1. The average Bonchev–Trinajstić information content (AvgIpc) is 2.83. The summed E-state index contributed by atoms with van der Waals surface area (Å²) in [6.45, 7) is 0.582. The maximum absolute atomic E-state index is 12.2. The third-order valence-corrected chi connectivity index (χ3v) is 4.12. The van der Waals surface area contributed by atoms with Gasteiger partial charge < -0.3 is 9.64 Å². The predicted octanol–water partition coefficient (Wildman–Crippen LogP) is 2.29. The van der Waals surface area contributed by atoms with E-state index in [1.807, 2.05) is 0 Å². The van der Waals surface area contributed by atoms with Crippen molar-refractivity contribution in [2.45, 2.75) is 31.2 Å². The number of nitro groups is 1. The third kappa shape index (κ3) is 2.35. The Morgan fingerprint density at radius 2 is 1.95 bits per heavy atom. The second-order valence-electron chi connectivity index (χ2n) is 5.49. The summed E-state index contributed by atoms with van der Waals surface area (Å²) in [7, 11) is 0. The van der Waals surface area contributed by atoms with E-state index in [2.05, 4.69) is 0 Å². The first-order valence-corrected chi connectivity index (χ1v) is 6.76. The summed E-state index contributed by atoms with van der Waals surface area (Å²) in [5.41, 5.74) is -0.411. The summed E-state index contributed by atoms with van der Waals surface area (Å²) in [6, 6.07) is 5.36. The van der Waals surface area contributed by atoms with Crippen molar-refractivity contribution in [1.82, 2.24) is 4.90 Å². The number of ether oxygens (including phenoxy) is 1. The number of non-ortho nitro benzene ring substituents is 1. The Labute approximate surface area is 120 Å². The standard InChI is InChI=1S/C14H14N2O5/c17-11-8-14(9-11)6-1-7-15(14)13(18)21-12-4-2-10(3-5-12)16(19)20/h2-5H,1,6-9H2. The quantitative estimate of drug-likeness (QED) is 0.615. The topological polar surface area (TPSA) is 89.8 Å². The Hall–Kier alpha value is -2.44. The molecule has 110 valence electrons. The van der Waals surface area contributed by atoms with E-state index >= 15 is 0 Å². The fourth-order valence-corrected chi connectivity index (χ4v) is 3.06. The van der Waals surface area contributed by atoms with Gasteiger partial charge in [-0.25, -0.2) is 4.79 Å². The maximum atomic E-state index is 12.2. The molecule has 1 amide bonds. The monoisotopic (exact) mass is 290 g/mol. The number of carbonyl (C=O) groups is 2. The molecule has 7 heteroatoms. The molecule has 0 unspecified atom stereocenters. The minimum Gasteiger partial charge on any atom is -0.410 e. The molecule has 0 radical (unpaired) electrons. The van der Waals surface area contributed by atoms with Crippen molar-refractivity contribution in [2.75, 3.05) is 6.54 Å². The van der Waals surface area contributed by atoms with Crippen LogP contribution in [-0.2, 0) is 4.79 Å². The van der Waals surface area contributed by atoms with E-state index in [0.29, 0.717) is 19.4 Å². The van der Waals surface area contributed by atoms with Crippen LogP contribution in [-0.4, -0.2) is 33.8 Å². The molecule has 3 rings (SSSR count). The summed E-state index contributed by atoms with van der Waals surface area (Å²) < 4.78 is 5.25. The molecule has 1 aromatic rings. The SMILES string of the molecule is O=C1CC2(CCCN2C(=O)Oc2ccc([N+](=O)[O-])cc2)C1. The zero-order valence-electron chi connectivity index (χ0n) is 11.3. The number of Topliss-reactive ketones (excluding diaryl/α,β-unsaturated/α-hetero) is 1. The third-order valence-electron chi connectivity index (χ3n) is 4.12. The van der Waals surface area contributed by atoms with Crippen LogP contribution in [0, 0.1) is 10.1 Å². The number of hydrogen-bond donors (Lipinski definition) is 0. The number of ketones is 1. The number of nitrogens with zero attached hydrogens (tertiary/aromatic N) is 2. The molecule has 1 aliphatic carbocycles. The van der Waals surface area contributed by atoms with E-state index < -0.39 is 11.0 Å². The molecule has 2 fully saturated rings. The van der Waals surface area contributed by atoms with Crippen LogP contribution in [0.15, 0.2) is 24.3 Å². The van der Waals surface area contributed by atoms with E-state index in [1.54, 1.807) is 4.90 Å². The molecule has 21 heavy (non-hydrogen) atoms. The van der Waals surface area contributed by atoms with E-state index in [0.717, 1.165) is 12.8 Å². The van der Waals surface area contributed by atoms with Gasteiger partial charge in [0.05, 0.1) is 10.5 Å². The van der Waals surface area contributed by atoms with E-state index in [-0.39, 0.29) is 22.8 Å². The highest BCUT2D eigenvalue weighted by Crippen LogP contribution is 2.43. The minimum atomic E-state index is -0.513. The van der Waals surface area contributed by atoms with Gasteiger partial charge in [0.25, 0.3) is 5.69 Å². The fourth-order valence-electron chi connectivity index (χ4n) is 3.06. The molecular formula is C14H14N2O5. The van der Waals surface area contributed by atoms with Crippen LogP contribution in [0.2, 0.25) is 0 Å². The lowest BCUT2D eigenvalue weighted by Gasteiger charge is -2.43. The Morgan fingerprint density at radius 1 is 1.29 bits per heavy atom. The minimum absolute atomic E-state index is 0.0583. The van der Waals surface area contributed by atoms with Gasteiger partial charge in [-0.2, -0.15) is 0 Å². The van der Waals surface area contributed by atoms with Crippen molar-refractivity contribution in [2.24, 2.45) is 0 Å². The van der Waals surface area contributed by atoms with Crippen LogP contribution in [0.4, 0.5) is 10.5 Å². The zero-order valence-corrected chi connectivity index (χ0v) is 11.3. The van der Waals surface area contributed by atoms with E-state index in [9.17, 15) is 19.7 Å². The van der Waals surface area contributed by atoms with Crippen molar-refractivity contribution in [3.8, 4) is 5.75 Å². The summed E-state index contributed by atoms with van der Waals surface area (Å²) in [6.07, 6.45) is 2.01. The molecule has 0 aromatic heterocycles. The highest BCUT2D eigenvalue weighted by Gasteiger charge is 2.53. The zero-order chi connectivity index (χ0) is 15.0. The van der Waals surface area contributed by atoms with Gasteiger partial charge in [0, 0.05) is 31.5 Å². The molecule has 0 atom stereocenters. The molecule has 0 bridgehead atoms. The van der Waals surface area contributed by atoms with Gasteiger partial charge >= 0.3 is 6.09 Å². The van der Waals surface area contributed by atoms with Crippen molar-refractivity contribution in [3.63, 3.8) is 0 Å². The summed E-state index contributed by atoms with van der Waals surface area (Å²) in [5.74, 6) is 0.434. The number of hydrogen-bond acceptors (Lipinski definition) is 5. The first kappa shape index (κ1) is 13.5. The summed E-state index contributed by atoms with van der Waals surface area (Å²) in [4.78, 5) is 35.1. The lowest BCUT2D eigenvalue weighted by atomic mass is 9.74. The first-order chi connectivity index (χ1) is 10.00. The molecule has 2 aliphatic rings. The van der Waals surface area contributed by atoms with Crippen LogP contribution in [0.3, 0.4) is 0 Å². The highest BCUT2D eigenvalue weighted by atomic mass is 16.6. The number of likely N-dealkylation sites (tertiary alicyclic amines) is 1. The number of nitro benzene ring substituents is 1. The normalized spacial score (nSPS) is 19.4. The molecule has 1 spiro atoms. The molecule has 1 saturated heterocycles. The van der Waals surface area contributed by atoms with Gasteiger partial charge in [-0.05, 0) is 25.0 Å². The van der Waals surface area contributed by atoms with Crippen LogP contribution in [0.25, 0.3) is 0 Å². The Bertz CT molecular complexity index is 602. The Morgan fingerprint density at radius 3 is 2.52 bits per heavy atom. The highest BCUT2D eigenvalue weighted by molar-refractivity contribution is 5.90. The van der Waals surface area contributed by atoms with Crippen molar-refractivity contribution in [1.29, 1.82) is 0 Å². The van der Waals surface area contributed by atoms with Gasteiger partial charge in [0.1, 0.15) is 11.5 Å². The second kappa shape index (κ2) is 4.83. The Balaban J connectivity index is 1.68. The van der Waals surface area contributed by atoms with Crippen LogP contribution in [0.5, 0.6) is 5.75 Å². The second-order valence-corrected chi connectivity index (χ2v) is 5.49. The molecule has 1 heterocycles. The van der Waals surface area contributed by atoms with E-state index in [1.165, 1.54) is 24.3 Å². The van der Waals surface area contributed by atoms with Gasteiger partial charge in [0.15, 0.2) is 0 Å². The molecule has 7 nitrogen and oxygen atoms in total. The van der Waals surface area contributed by atoms with Crippen molar-refractivity contribution >= 4 is 17.6 Å². The van der Waals surface area contributed by atoms with Crippen molar-refractivity contribution in [3.05, 3.63) is 34.4 Å². The lowest BCUT2D eigenvalue weighted by Crippen LogP contribution is -2.56. The van der Waals surface area contributed by atoms with Gasteiger partial charge in [-0.15, -0.1) is 0 Å². The smallest absolute Gasteiger partial charge is 0.410 e. The van der Waals surface area contributed by atoms with Gasteiger partial charge in [0.2, 0.25) is 0 Å². The van der Waals surface area contributed by atoms with Crippen LogP contribution >= 0.6 is 0 Å². The predicted molar refractivity (Wildman–Crippen MR) is 72.0 cm³/mol. The number of carbonyl (C=O) groups excluding carboxylic acids is 2. The molecule has 0 N–H and O–H groups in total. The van der Waals surface area contributed by atoms with Crippen LogP contribution in [0.1, 0.15) is 25.7 Å². The molecule has 1 aliphatic heterocycles. The van der Waals surface area contributed by atoms with Gasteiger partial charge in [-0.1, -0.05) is 0 Å². The molecule has 1 saturated carbocycles. The first-order valence-electron chi connectivity index (χ1n) is 6.76. The summed E-state index contributed by atoms with van der Waals surface area (Å²) >= 11 is 0. The largest absolute Gasteiger partial charge is 0.415 e. The van der Waals surface area contributed by atoms with Crippen molar-refractivity contribution < 1.29 is 19.2 Å². The fraction of sp³-hybridized carbons (Fsp3) is 0.429.